The third kappa shape index (κ3) is 5.95. The highest BCUT2D eigenvalue weighted by Crippen LogP contribution is 2.30. The molecular formula is C27H32N2O5S. The van der Waals surface area contributed by atoms with Gasteiger partial charge in [0.05, 0.1) is 30.8 Å². The van der Waals surface area contributed by atoms with Crippen LogP contribution in [0.5, 0.6) is 11.5 Å². The fourth-order valence-electron chi connectivity index (χ4n) is 3.86. The zero-order valence-corrected chi connectivity index (χ0v) is 21.6. The van der Waals surface area contributed by atoms with Crippen molar-refractivity contribution >= 4 is 21.6 Å². The number of carbonyl (C=O) groups is 1. The molecule has 0 aliphatic heterocycles. The topological polar surface area (TPSA) is 84.9 Å². The van der Waals surface area contributed by atoms with Crippen LogP contribution < -0.4 is 19.1 Å². The lowest BCUT2D eigenvalue weighted by Gasteiger charge is -2.27. The van der Waals surface area contributed by atoms with Crippen molar-refractivity contribution in [1.82, 2.24) is 5.32 Å². The molecule has 3 aromatic carbocycles. The van der Waals surface area contributed by atoms with Crippen molar-refractivity contribution in [2.75, 3.05) is 25.1 Å². The van der Waals surface area contributed by atoms with Gasteiger partial charge < -0.3 is 14.8 Å². The number of hydrogen-bond acceptors (Lipinski definition) is 5. The average Bonchev–Trinajstić information content (AvgIpc) is 2.86. The molecule has 0 aliphatic carbocycles. The van der Waals surface area contributed by atoms with E-state index >= 15 is 0 Å². The Morgan fingerprint density at radius 2 is 1.69 bits per heavy atom. The van der Waals surface area contributed by atoms with Gasteiger partial charge in [0, 0.05) is 5.56 Å². The van der Waals surface area contributed by atoms with Crippen LogP contribution in [0.2, 0.25) is 0 Å². The monoisotopic (exact) mass is 496 g/mol. The van der Waals surface area contributed by atoms with Gasteiger partial charge in [0.25, 0.3) is 10.0 Å². The van der Waals surface area contributed by atoms with Gasteiger partial charge in [-0.25, -0.2) is 8.42 Å². The van der Waals surface area contributed by atoms with Crippen LogP contribution in [-0.4, -0.2) is 35.1 Å². The summed E-state index contributed by atoms with van der Waals surface area (Å²) in [4.78, 5) is 13.3. The number of sulfonamides is 1. The molecule has 0 aliphatic rings. The summed E-state index contributed by atoms with van der Waals surface area (Å²) in [5.74, 6) is 0.783. The molecule has 0 saturated carbocycles. The van der Waals surface area contributed by atoms with E-state index in [9.17, 15) is 13.2 Å². The first-order valence-electron chi connectivity index (χ1n) is 11.4. The maximum absolute atomic E-state index is 13.7. The Labute approximate surface area is 207 Å². The first kappa shape index (κ1) is 26.1. The number of carbonyl (C=O) groups excluding carboxylic acids is 1. The van der Waals surface area contributed by atoms with Crippen molar-refractivity contribution < 1.29 is 22.7 Å². The molecule has 7 nitrogen and oxygen atoms in total. The summed E-state index contributed by atoms with van der Waals surface area (Å²) >= 11 is 0. The van der Waals surface area contributed by atoms with Crippen molar-refractivity contribution in [2.45, 2.75) is 38.1 Å². The minimum atomic E-state index is -3.99. The Kier molecular flexibility index (Phi) is 8.40. The maximum Gasteiger partial charge on any atom is 0.264 e. The van der Waals surface area contributed by atoms with Crippen LogP contribution in [0.3, 0.4) is 0 Å². The van der Waals surface area contributed by atoms with E-state index in [4.69, 9.17) is 9.47 Å². The summed E-state index contributed by atoms with van der Waals surface area (Å²) in [6.45, 7) is 5.28. The minimum absolute atomic E-state index is 0.129. The number of nitrogens with one attached hydrogen (secondary N) is 1. The van der Waals surface area contributed by atoms with Gasteiger partial charge in [-0.05, 0) is 62.2 Å². The van der Waals surface area contributed by atoms with Crippen molar-refractivity contribution in [3.63, 3.8) is 0 Å². The molecule has 0 heterocycles. The summed E-state index contributed by atoms with van der Waals surface area (Å²) < 4.78 is 39.3. The third-order valence-corrected chi connectivity index (χ3v) is 7.59. The molecule has 0 radical (unpaired) electrons. The number of anilines is 1. The molecule has 0 saturated heterocycles. The maximum atomic E-state index is 13.7. The van der Waals surface area contributed by atoms with E-state index in [1.54, 1.807) is 68.8 Å². The molecule has 3 rings (SSSR count). The summed E-state index contributed by atoms with van der Waals surface area (Å²) in [5, 5.41) is 2.91. The lowest BCUT2D eigenvalue weighted by molar-refractivity contribution is -0.120. The van der Waals surface area contributed by atoms with E-state index in [-0.39, 0.29) is 11.4 Å². The summed E-state index contributed by atoms with van der Waals surface area (Å²) in [5.41, 5.74) is 2.99. The number of rotatable bonds is 10. The van der Waals surface area contributed by atoms with E-state index in [1.807, 2.05) is 32.9 Å². The van der Waals surface area contributed by atoms with E-state index in [1.165, 1.54) is 4.31 Å². The number of ether oxygens (including phenoxy) is 2. The molecule has 3 aromatic rings. The number of methoxy groups -OCH3 is 2. The van der Waals surface area contributed by atoms with Gasteiger partial charge in [-0.2, -0.15) is 0 Å². The molecule has 0 spiro atoms. The molecule has 0 aromatic heterocycles. The van der Waals surface area contributed by atoms with Crippen LogP contribution in [0.4, 0.5) is 5.69 Å². The van der Waals surface area contributed by atoms with Crippen molar-refractivity contribution in [1.29, 1.82) is 0 Å². The van der Waals surface area contributed by atoms with Crippen LogP contribution in [-0.2, 0) is 21.2 Å². The number of aryl methyl sites for hydroxylation is 2. The second-order valence-corrected chi connectivity index (χ2v) is 10.1. The van der Waals surface area contributed by atoms with Crippen LogP contribution in [0, 0.1) is 6.92 Å². The fraction of sp³-hybridized carbons (Fsp3) is 0.296. The van der Waals surface area contributed by atoms with Gasteiger partial charge in [0.2, 0.25) is 5.91 Å². The van der Waals surface area contributed by atoms with Gasteiger partial charge in [-0.1, -0.05) is 42.8 Å². The number of benzene rings is 3. The molecule has 8 heteroatoms. The molecule has 1 N–H and O–H groups in total. The SMILES string of the molecule is CCc1ccccc1N(CC(=O)NC(C)c1cc(OC)ccc1OC)S(=O)(=O)c1ccc(C)cc1. The summed E-state index contributed by atoms with van der Waals surface area (Å²) in [7, 11) is -0.878. The molecule has 1 unspecified atom stereocenters. The lowest BCUT2D eigenvalue weighted by Crippen LogP contribution is -2.42. The molecule has 1 atom stereocenters. The normalized spacial score (nSPS) is 12.0. The largest absolute Gasteiger partial charge is 0.497 e. The Morgan fingerprint density at radius 3 is 2.31 bits per heavy atom. The molecule has 35 heavy (non-hydrogen) atoms. The first-order valence-corrected chi connectivity index (χ1v) is 12.8. The average molecular weight is 497 g/mol. The lowest BCUT2D eigenvalue weighted by atomic mass is 10.1. The second kappa shape index (κ2) is 11.3. The molecule has 0 bridgehead atoms. The predicted octanol–water partition coefficient (Wildman–Crippen LogP) is 4.65. The highest BCUT2D eigenvalue weighted by Gasteiger charge is 2.29. The van der Waals surface area contributed by atoms with E-state index in [0.29, 0.717) is 23.6 Å². The number of hydrogen-bond donors (Lipinski definition) is 1. The predicted molar refractivity (Wildman–Crippen MR) is 138 cm³/mol. The van der Waals surface area contributed by atoms with Crippen LogP contribution in [0.25, 0.3) is 0 Å². The van der Waals surface area contributed by atoms with E-state index < -0.39 is 22.0 Å². The quantitative estimate of drug-likeness (QED) is 0.442. The molecular weight excluding hydrogens is 464 g/mol. The Hall–Kier alpha value is -3.52. The van der Waals surface area contributed by atoms with Crippen LogP contribution in [0.1, 0.15) is 36.6 Å². The fourth-order valence-corrected chi connectivity index (χ4v) is 5.32. The van der Waals surface area contributed by atoms with Gasteiger partial charge in [0.1, 0.15) is 18.0 Å². The van der Waals surface area contributed by atoms with Gasteiger partial charge in [0.15, 0.2) is 0 Å². The van der Waals surface area contributed by atoms with Crippen molar-refractivity contribution in [3.05, 3.63) is 83.4 Å². The van der Waals surface area contributed by atoms with Crippen LogP contribution in [0.15, 0.2) is 71.6 Å². The Bertz CT molecular complexity index is 1270. The zero-order valence-electron chi connectivity index (χ0n) is 20.7. The number of para-hydroxylation sites is 1. The highest BCUT2D eigenvalue weighted by atomic mass is 32.2. The second-order valence-electron chi connectivity index (χ2n) is 8.20. The molecule has 186 valence electrons. The van der Waals surface area contributed by atoms with Gasteiger partial charge in [-0.15, -0.1) is 0 Å². The van der Waals surface area contributed by atoms with Crippen molar-refractivity contribution in [2.24, 2.45) is 0 Å². The third-order valence-electron chi connectivity index (χ3n) is 5.82. The van der Waals surface area contributed by atoms with E-state index in [2.05, 4.69) is 5.32 Å². The first-order chi connectivity index (χ1) is 16.7. The zero-order chi connectivity index (χ0) is 25.6. The molecule has 1 amide bonds. The summed E-state index contributed by atoms with van der Waals surface area (Å²) in [6.07, 6.45) is 0.620. The Balaban J connectivity index is 1.95. The van der Waals surface area contributed by atoms with Crippen LogP contribution >= 0.6 is 0 Å². The van der Waals surface area contributed by atoms with Gasteiger partial charge in [-0.3, -0.25) is 9.10 Å². The smallest absolute Gasteiger partial charge is 0.264 e. The van der Waals surface area contributed by atoms with Crippen molar-refractivity contribution in [3.8, 4) is 11.5 Å². The number of amides is 1. The number of nitrogens with zero attached hydrogens (tertiary/aromatic N) is 1. The molecule has 0 fully saturated rings. The van der Waals surface area contributed by atoms with E-state index in [0.717, 1.165) is 16.7 Å². The summed E-state index contributed by atoms with van der Waals surface area (Å²) in [6, 6.07) is 18.7. The standard InChI is InChI=1S/C27H32N2O5S/c1-6-21-9-7-8-10-25(21)29(35(31,32)23-14-11-19(2)12-15-23)18-27(30)28-20(3)24-17-22(33-4)13-16-26(24)34-5/h7-17,20H,6,18H2,1-5H3,(H,28,30). The minimum Gasteiger partial charge on any atom is -0.497 e. The highest BCUT2D eigenvalue weighted by molar-refractivity contribution is 7.92. The van der Waals surface area contributed by atoms with Gasteiger partial charge >= 0.3 is 0 Å². The Morgan fingerprint density at radius 1 is 1.00 bits per heavy atom.